The summed E-state index contributed by atoms with van der Waals surface area (Å²) < 4.78 is 8.33. The molecule has 0 amide bonds. The zero-order chi connectivity index (χ0) is 29.0. The van der Waals surface area contributed by atoms with E-state index >= 15 is 0 Å². The van der Waals surface area contributed by atoms with Crippen LogP contribution < -0.4 is 0 Å². The van der Waals surface area contributed by atoms with Crippen LogP contribution in [0.15, 0.2) is 156 Å². The van der Waals surface area contributed by atoms with E-state index in [2.05, 4.69) is 125 Å². The van der Waals surface area contributed by atoms with Gasteiger partial charge in [-0.05, 0) is 70.8 Å². The molecule has 4 aromatic heterocycles. The second kappa shape index (κ2) is 9.79. The molecular formula is C40H25N3O. The van der Waals surface area contributed by atoms with Crippen molar-refractivity contribution in [1.82, 2.24) is 14.5 Å². The second-order valence-corrected chi connectivity index (χ2v) is 11.1. The van der Waals surface area contributed by atoms with E-state index in [1.807, 2.05) is 36.7 Å². The van der Waals surface area contributed by atoms with Gasteiger partial charge in [0.1, 0.15) is 17.0 Å². The number of aromatic nitrogens is 3. The first-order valence-corrected chi connectivity index (χ1v) is 14.7. The Bertz CT molecular complexity index is 2430. The van der Waals surface area contributed by atoms with E-state index in [1.165, 1.54) is 0 Å². The van der Waals surface area contributed by atoms with Crippen LogP contribution in [0.5, 0.6) is 0 Å². The number of benzene rings is 5. The number of para-hydroxylation sites is 1. The Morgan fingerprint density at radius 2 is 1.16 bits per heavy atom. The first-order valence-electron chi connectivity index (χ1n) is 14.7. The maximum atomic E-state index is 6.09. The monoisotopic (exact) mass is 563 g/mol. The normalized spacial score (nSPS) is 11.6. The van der Waals surface area contributed by atoms with Gasteiger partial charge in [-0.15, -0.1) is 0 Å². The minimum absolute atomic E-state index is 0.859. The molecule has 44 heavy (non-hydrogen) atoms. The number of pyridine rings is 2. The third kappa shape index (κ3) is 3.92. The van der Waals surface area contributed by atoms with Gasteiger partial charge in [0.15, 0.2) is 0 Å². The van der Waals surface area contributed by atoms with E-state index in [0.29, 0.717) is 0 Å². The topological polar surface area (TPSA) is 43.9 Å². The Balaban J connectivity index is 1.27. The van der Waals surface area contributed by atoms with Gasteiger partial charge in [-0.25, -0.2) is 4.98 Å². The lowest BCUT2D eigenvalue weighted by atomic mass is 10.0. The van der Waals surface area contributed by atoms with E-state index in [4.69, 9.17) is 9.40 Å². The molecule has 4 heterocycles. The number of furan rings is 1. The maximum absolute atomic E-state index is 6.09. The quantitative estimate of drug-likeness (QED) is 0.214. The molecule has 0 unspecified atom stereocenters. The van der Waals surface area contributed by atoms with Crippen molar-refractivity contribution in [2.45, 2.75) is 0 Å². The fourth-order valence-electron chi connectivity index (χ4n) is 6.39. The Morgan fingerprint density at radius 3 is 2.00 bits per heavy atom. The van der Waals surface area contributed by atoms with Gasteiger partial charge in [0.25, 0.3) is 0 Å². The van der Waals surface area contributed by atoms with Crippen LogP contribution >= 0.6 is 0 Å². The Hall–Kier alpha value is -6.00. The van der Waals surface area contributed by atoms with Crippen molar-refractivity contribution in [3.8, 4) is 39.3 Å². The molecule has 0 aliphatic heterocycles. The number of hydrogen-bond acceptors (Lipinski definition) is 3. The summed E-state index contributed by atoms with van der Waals surface area (Å²) in [5.74, 6) is 0.859. The molecule has 206 valence electrons. The van der Waals surface area contributed by atoms with E-state index in [-0.39, 0.29) is 0 Å². The first-order chi connectivity index (χ1) is 21.8. The Morgan fingerprint density at radius 1 is 0.455 bits per heavy atom. The van der Waals surface area contributed by atoms with E-state index in [0.717, 1.165) is 83.1 Å². The maximum Gasteiger partial charge on any atom is 0.138 e. The third-order valence-electron chi connectivity index (χ3n) is 8.50. The van der Waals surface area contributed by atoms with Crippen molar-refractivity contribution < 1.29 is 4.42 Å². The average molecular weight is 564 g/mol. The Kier molecular flexibility index (Phi) is 5.47. The van der Waals surface area contributed by atoms with Gasteiger partial charge < -0.3 is 4.42 Å². The minimum Gasteiger partial charge on any atom is -0.456 e. The molecule has 9 rings (SSSR count). The summed E-state index contributed by atoms with van der Waals surface area (Å²) in [4.78, 5) is 9.77. The van der Waals surface area contributed by atoms with Crippen LogP contribution in [0.4, 0.5) is 0 Å². The van der Waals surface area contributed by atoms with Gasteiger partial charge in [0.2, 0.25) is 0 Å². The van der Waals surface area contributed by atoms with Crippen molar-refractivity contribution in [2.24, 2.45) is 0 Å². The molecule has 0 fully saturated rings. The first kappa shape index (κ1) is 24.6. The van der Waals surface area contributed by atoms with Gasteiger partial charge in [-0.2, -0.15) is 0 Å². The largest absolute Gasteiger partial charge is 0.456 e. The van der Waals surface area contributed by atoms with E-state index in [1.54, 1.807) is 0 Å². The lowest BCUT2D eigenvalue weighted by Gasteiger charge is -2.13. The highest BCUT2D eigenvalue weighted by molar-refractivity contribution is 6.11. The molecule has 0 aliphatic carbocycles. The van der Waals surface area contributed by atoms with Crippen molar-refractivity contribution >= 4 is 43.7 Å². The summed E-state index contributed by atoms with van der Waals surface area (Å²) in [7, 11) is 0. The molecule has 0 atom stereocenters. The molecule has 0 radical (unpaired) electrons. The molecule has 4 nitrogen and oxygen atoms in total. The molecule has 0 aliphatic rings. The zero-order valence-electron chi connectivity index (χ0n) is 23.7. The molecule has 0 N–H and O–H groups in total. The molecule has 9 aromatic rings. The summed E-state index contributed by atoms with van der Waals surface area (Å²) in [5, 5.41) is 4.55. The summed E-state index contributed by atoms with van der Waals surface area (Å²) in [6.07, 6.45) is 3.81. The molecule has 0 bridgehead atoms. The fourth-order valence-corrected chi connectivity index (χ4v) is 6.39. The van der Waals surface area contributed by atoms with Crippen LogP contribution in [-0.4, -0.2) is 14.5 Å². The average Bonchev–Trinajstić information content (AvgIpc) is 3.64. The van der Waals surface area contributed by atoms with Crippen LogP contribution in [0.3, 0.4) is 0 Å². The molecule has 0 saturated carbocycles. The third-order valence-corrected chi connectivity index (χ3v) is 8.50. The molecule has 4 heteroatoms. The number of fused-ring (bicyclic) bond motifs is 6. The fraction of sp³-hybridized carbons (Fsp3) is 0. The van der Waals surface area contributed by atoms with Crippen molar-refractivity contribution in [2.75, 3.05) is 0 Å². The highest BCUT2D eigenvalue weighted by atomic mass is 16.3. The van der Waals surface area contributed by atoms with Gasteiger partial charge in [-0.1, -0.05) is 91.0 Å². The summed E-state index contributed by atoms with van der Waals surface area (Å²) >= 11 is 0. The SMILES string of the molecule is c1ccc(-c2cc(-c3ccccc3)nc(-n3c4ccc(-c5ccc6oc7ccccc7c6c5)cc4c4ccncc43)c2)cc1. The molecule has 0 spiro atoms. The highest BCUT2D eigenvalue weighted by Gasteiger charge is 2.17. The summed E-state index contributed by atoms with van der Waals surface area (Å²) in [6, 6.07) is 48.7. The van der Waals surface area contributed by atoms with E-state index < -0.39 is 0 Å². The van der Waals surface area contributed by atoms with Gasteiger partial charge in [-0.3, -0.25) is 9.55 Å². The zero-order valence-corrected chi connectivity index (χ0v) is 23.7. The number of rotatable bonds is 4. The molecular weight excluding hydrogens is 538 g/mol. The van der Waals surface area contributed by atoms with Gasteiger partial charge in [0.05, 0.1) is 22.9 Å². The summed E-state index contributed by atoms with van der Waals surface area (Å²) in [5.41, 5.74) is 10.5. The highest BCUT2D eigenvalue weighted by Crippen LogP contribution is 2.38. The number of hydrogen-bond donors (Lipinski definition) is 0. The van der Waals surface area contributed by atoms with Crippen molar-refractivity contribution in [3.63, 3.8) is 0 Å². The minimum atomic E-state index is 0.859. The van der Waals surface area contributed by atoms with Crippen LogP contribution in [0.2, 0.25) is 0 Å². The van der Waals surface area contributed by atoms with Crippen LogP contribution in [0.25, 0.3) is 83.1 Å². The van der Waals surface area contributed by atoms with E-state index in [9.17, 15) is 0 Å². The standard InChI is InChI=1S/C40H25N3O/c1-3-9-26(10-4-1)30-23-35(27-11-5-2-6-12-27)42-40(24-30)43-36-17-15-28(21-33(36)31-19-20-41-25-37(31)43)29-16-18-39-34(22-29)32-13-7-8-14-38(32)44-39/h1-25H. The Labute approximate surface area is 253 Å². The van der Waals surface area contributed by atoms with Crippen LogP contribution in [0.1, 0.15) is 0 Å². The van der Waals surface area contributed by atoms with Gasteiger partial charge in [0, 0.05) is 33.3 Å². The van der Waals surface area contributed by atoms with Crippen LogP contribution in [0, 0.1) is 0 Å². The van der Waals surface area contributed by atoms with Crippen molar-refractivity contribution in [1.29, 1.82) is 0 Å². The van der Waals surface area contributed by atoms with Crippen molar-refractivity contribution in [3.05, 3.63) is 152 Å². The number of nitrogens with zero attached hydrogens (tertiary/aromatic N) is 3. The molecule has 5 aromatic carbocycles. The lowest BCUT2D eigenvalue weighted by molar-refractivity contribution is 0.669. The predicted octanol–water partition coefficient (Wildman–Crippen LogP) is 10.5. The summed E-state index contributed by atoms with van der Waals surface area (Å²) in [6.45, 7) is 0. The smallest absolute Gasteiger partial charge is 0.138 e. The van der Waals surface area contributed by atoms with Gasteiger partial charge >= 0.3 is 0 Å². The second-order valence-electron chi connectivity index (χ2n) is 11.1. The predicted molar refractivity (Wildman–Crippen MR) is 180 cm³/mol. The lowest BCUT2D eigenvalue weighted by Crippen LogP contribution is -2.00. The van der Waals surface area contributed by atoms with Crippen LogP contribution in [-0.2, 0) is 0 Å². The molecule has 0 saturated heterocycles.